The molecule has 31 heavy (non-hydrogen) atoms. The molecule has 0 aliphatic carbocycles. The van der Waals surface area contributed by atoms with E-state index < -0.39 is 10.0 Å². The Labute approximate surface area is 188 Å². The summed E-state index contributed by atoms with van der Waals surface area (Å²) in [6.45, 7) is 2.66. The molecule has 9 heteroatoms. The van der Waals surface area contributed by atoms with Gasteiger partial charge in [0.1, 0.15) is 5.84 Å². The quantitative estimate of drug-likeness (QED) is 0.581. The lowest BCUT2D eigenvalue weighted by Crippen LogP contribution is -2.31. The Morgan fingerprint density at radius 2 is 1.90 bits per heavy atom. The molecule has 0 fully saturated rings. The summed E-state index contributed by atoms with van der Waals surface area (Å²) in [4.78, 5) is 16.7. The maximum atomic E-state index is 12.7. The van der Waals surface area contributed by atoms with Crippen LogP contribution in [0.2, 0.25) is 5.02 Å². The summed E-state index contributed by atoms with van der Waals surface area (Å²) in [5, 5.41) is 6.54. The van der Waals surface area contributed by atoms with Crippen molar-refractivity contribution in [2.75, 3.05) is 18.4 Å². The first kappa shape index (κ1) is 23.2. The number of carbonyl (C=O) groups is 1. The van der Waals surface area contributed by atoms with E-state index in [0.29, 0.717) is 29.5 Å². The van der Waals surface area contributed by atoms with E-state index in [1.165, 1.54) is 12.1 Å². The van der Waals surface area contributed by atoms with E-state index in [4.69, 9.17) is 11.6 Å². The van der Waals surface area contributed by atoms with Crippen molar-refractivity contribution in [2.24, 2.45) is 4.99 Å². The summed E-state index contributed by atoms with van der Waals surface area (Å²) >= 11 is 5.90. The highest BCUT2D eigenvalue weighted by molar-refractivity contribution is 7.90. The number of amidine groups is 1. The molecule has 0 saturated carbocycles. The lowest BCUT2D eigenvalue weighted by atomic mass is 10.1. The molecule has 1 aliphatic rings. The van der Waals surface area contributed by atoms with Crippen molar-refractivity contribution in [3.63, 3.8) is 0 Å². The molecular weight excluding hydrogens is 436 g/mol. The molecule has 1 heterocycles. The zero-order chi connectivity index (χ0) is 22.3. The molecule has 1 aliphatic heterocycles. The lowest BCUT2D eigenvalue weighted by Gasteiger charge is -2.15. The van der Waals surface area contributed by atoms with Crippen molar-refractivity contribution < 1.29 is 13.2 Å². The van der Waals surface area contributed by atoms with Gasteiger partial charge in [-0.15, -0.1) is 0 Å². The average molecular weight is 463 g/mol. The number of anilines is 1. The summed E-state index contributed by atoms with van der Waals surface area (Å²) < 4.78 is 28.0. The molecule has 3 N–H and O–H groups in total. The third-order valence-corrected chi connectivity index (χ3v) is 6.62. The number of benzene rings is 2. The number of hydrogen-bond acceptors (Lipinski definition) is 5. The molecule has 2 aromatic carbocycles. The van der Waals surface area contributed by atoms with Crippen LogP contribution in [-0.4, -0.2) is 33.3 Å². The molecule has 0 saturated heterocycles. The molecule has 3 rings (SSSR count). The van der Waals surface area contributed by atoms with Crippen molar-refractivity contribution in [1.29, 1.82) is 0 Å². The zero-order valence-corrected chi connectivity index (χ0v) is 19.0. The summed E-state index contributed by atoms with van der Waals surface area (Å²) in [6, 6.07) is 13.6. The Kier molecular flexibility index (Phi) is 8.06. The van der Waals surface area contributed by atoms with Crippen LogP contribution in [0.5, 0.6) is 0 Å². The Morgan fingerprint density at radius 3 is 2.68 bits per heavy atom. The van der Waals surface area contributed by atoms with Gasteiger partial charge >= 0.3 is 0 Å². The van der Waals surface area contributed by atoms with Crippen LogP contribution in [0.3, 0.4) is 0 Å². The number of halogens is 1. The summed E-state index contributed by atoms with van der Waals surface area (Å²) in [7, 11) is -3.76. The van der Waals surface area contributed by atoms with E-state index in [9.17, 15) is 13.2 Å². The SMILES string of the molecule is C[C@@H](NCC(=O)Nc1cccc(S(=O)(=O)NC2=NCCCCC2)c1)c1ccc(Cl)cc1. The number of amides is 1. The Bertz CT molecular complexity index is 1040. The van der Waals surface area contributed by atoms with Crippen molar-refractivity contribution in [1.82, 2.24) is 10.0 Å². The largest absolute Gasteiger partial charge is 0.325 e. The number of rotatable bonds is 7. The fourth-order valence-electron chi connectivity index (χ4n) is 3.23. The van der Waals surface area contributed by atoms with E-state index in [1.807, 2.05) is 19.1 Å². The highest BCUT2D eigenvalue weighted by Gasteiger charge is 2.18. The second-order valence-electron chi connectivity index (χ2n) is 7.47. The number of nitrogens with one attached hydrogen (secondary N) is 3. The average Bonchev–Trinajstić information content (AvgIpc) is 3.01. The highest BCUT2D eigenvalue weighted by atomic mass is 35.5. The molecule has 0 unspecified atom stereocenters. The molecular formula is C22H27ClN4O3S. The van der Waals surface area contributed by atoms with Crippen LogP contribution < -0.4 is 15.4 Å². The molecule has 1 amide bonds. The molecule has 0 spiro atoms. The topological polar surface area (TPSA) is 99.7 Å². The van der Waals surface area contributed by atoms with Gasteiger partial charge in [-0.05, 0) is 55.7 Å². The number of hydrogen-bond donors (Lipinski definition) is 3. The molecule has 0 bridgehead atoms. The molecule has 166 valence electrons. The minimum Gasteiger partial charge on any atom is -0.325 e. The van der Waals surface area contributed by atoms with E-state index >= 15 is 0 Å². The molecule has 0 aromatic heterocycles. The van der Waals surface area contributed by atoms with Crippen molar-refractivity contribution in [2.45, 2.75) is 43.5 Å². The van der Waals surface area contributed by atoms with Crippen LogP contribution in [0.25, 0.3) is 0 Å². The van der Waals surface area contributed by atoms with Crippen molar-refractivity contribution in [3.8, 4) is 0 Å². The van der Waals surface area contributed by atoms with E-state index in [0.717, 1.165) is 24.8 Å². The van der Waals surface area contributed by atoms with E-state index in [1.54, 1.807) is 24.3 Å². The van der Waals surface area contributed by atoms with Crippen LogP contribution >= 0.6 is 11.6 Å². The Morgan fingerprint density at radius 1 is 1.13 bits per heavy atom. The van der Waals surface area contributed by atoms with Crippen LogP contribution in [-0.2, 0) is 14.8 Å². The molecule has 2 aromatic rings. The standard InChI is InChI=1S/C22H27ClN4O3S/c1-16(17-9-11-18(23)12-10-17)25-15-22(28)26-19-6-5-7-20(14-19)31(29,30)27-21-8-3-2-4-13-24-21/h5-7,9-12,14,16,25H,2-4,8,13,15H2,1H3,(H,24,27)(H,26,28)/t16-/m1/s1. The second kappa shape index (κ2) is 10.7. The minimum absolute atomic E-state index is 0.0423. The smallest absolute Gasteiger partial charge is 0.262 e. The predicted molar refractivity (Wildman–Crippen MR) is 124 cm³/mol. The summed E-state index contributed by atoms with van der Waals surface area (Å²) in [6.07, 6.45) is 3.55. The van der Waals surface area contributed by atoms with Crippen LogP contribution in [0.15, 0.2) is 58.4 Å². The van der Waals surface area contributed by atoms with Gasteiger partial charge < -0.3 is 10.6 Å². The summed E-state index contributed by atoms with van der Waals surface area (Å²) in [5.74, 6) is 0.226. The fraction of sp³-hybridized carbons (Fsp3) is 0.364. The molecule has 7 nitrogen and oxygen atoms in total. The lowest BCUT2D eigenvalue weighted by molar-refractivity contribution is -0.115. The number of carbonyl (C=O) groups excluding carboxylic acids is 1. The normalized spacial score (nSPS) is 15.5. The van der Waals surface area contributed by atoms with Gasteiger partial charge in [0.25, 0.3) is 10.0 Å². The minimum atomic E-state index is -3.76. The maximum Gasteiger partial charge on any atom is 0.262 e. The van der Waals surface area contributed by atoms with Crippen LogP contribution in [0.1, 0.15) is 44.2 Å². The van der Waals surface area contributed by atoms with E-state index in [-0.39, 0.29) is 23.4 Å². The molecule has 1 atom stereocenters. The fourth-order valence-corrected chi connectivity index (χ4v) is 4.49. The third kappa shape index (κ3) is 7.05. The van der Waals surface area contributed by atoms with Gasteiger partial charge in [0.15, 0.2) is 0 Å². The third-order valence-electron chi connectivity index (χ3n) is 4.99. The molecule has 0 radical (unpaired) electrons. The van der Waals surface area contributed by atoms with Crippen molar-refractivity contribution >= 4 is 39.1 Å². The van der Waals surface area contributed by atoms with Gasteiger partial charge in [-0.25, -0.2) is 8.42 Å². The zero-order valence-electron chi connectivity index (χ0n) is 17.4. The van der Waals surface area contributed by atoms with E-state index in [2.05, 4.69) is 20.3 Å². The first-order chi connectivity index (χ1) is 14.8. The highest BCUT2D eigenvalue weighted by Crippen LogP contribution is 2.18. The van der Waals surface area contributed by atoms with Crippen LogP contribution in [0, 0.1) is 0 Å². The first-order valence-corrected chi connectivity index (χ1v) is 12.1. The number of sulfonamides is 1. The Balaban J connectivity index is 1.58. The maximum absolute atomic E-state index is 12.7. The van der Waals surface area contributed by atoms with Gasteiger partial charge in [0, 0.05) is 29.7 Å². The monoisotopic (exact) mass is 462 g/mol. The van der Waals surface area contributed by atoms with Crippen LogP contribution in [0.4, 0.5) is 5.69 Å². The van der Waals surface area contributed by atoms with Gasteiger partial charge in [0.05, 0.1) is 11.4 Å². The second-order valence-corrected chi connectivity index (χ2v) is 9.59. The first-order valence-electron chi connectivity index (χ1n) is 10.3. The number of aliphatic imine (C=N–C) groups is 1. The van der Waals surface area contributed by atoms with Gasteiger partial charge in [-0.2, -0.15) is 0 Å². The van der Waals surface area contributed by atoms with Gasteiger partial charge in [-0.1, -0.05) is 36.2 Å². The van der Waals surface area contributed by atoms with Gasteiger partial charge in [0.2, 0.25) is 5.91 Å². The Hall–Kier alpha value is -2.42. The summed E-state index contributed by atoms with van der Waals surface area (Å²) in [5.41, 5.74) is 1.43. The van der Waals surface area contributed by atoms with Crippen molar-refractivity contribution in [3.05, 3.63) is 59.1 Å². The van der Waals surface area contributed by atoms with Gasteiger partial charge in [-0.3, -0.25) is 14.5 Å². The number of nitrogens with zero attached hydrogens (tertiary/aromatic N) is 1. The predicted octanol–water partition coefficient (Wildman–Crippen LogP) is 3.88.